The van der Waals surface area contributed by atoms with E-state index in [1.807, 2.05) is 0 Å². The second kappa shape index (κ2) is 2.58. The van der Waals surface area contributed by atoms with Crippen LogP contribution in [0.4, 0.5) is 0 Å². The Balaban J connectivity index is 2.03. The number of cyclic esters (lactones) is 1. The molecule has 84 valence electrons. The third-order valence-electron chi connectivity index (χ3n) is 5.35. The van der Waals surface area contributed by atoms with Gasteiger partial charge in [0.05, 0.1) is 12.0 Å². The van der Waals surface area contributed by atoms with Gasteiger partial charge in [0, 0.05) is 5.41 Å². The molecule has 0 radical (unpaired) electrons. The van der Waals surface area contributed by atoms with Crippen LogP contribution >= 0.6 is 0 Å². The molecule has 0 aromatic heterocycles. The Morgan fingerprint density at radius 1 is 1.27 bits per heavy atom. The maximum Gasteiger partial charge on any atom is 0.312 e. The first-order valence-electron chi connectivity index (χ1n) is 6.29. The molecule has 3 bridgehead atoms. The lowest BCUT2D eigenvalue weighted by molar-refractivity contribution is -0.164. The maximum absolute atomic E-state index is 12.1. The Kier molecular flexibility index (Phi) is 1.67. The molecule has 4 aliphatic rings. The Bertz CT molecular complexity index is 314. The number of esters is 1. The molecule has 3 aliphatic carbocycles. The highest BCUT2D eigenvalue weighted by Crippen LogP contribution is 2.79. The normalized spacial score (nSPS) is 51.2. The molecule has 4 fully saturated rings. The Hall–Kier alpha value is -0.530. The fraction of sp³-hybridized carbons (Fsp3) is 0.923. The molecule has 1 aliphatic heterocycles. The lowest BCUT2D eigenvalue weighted by Gasteiger charge is -2.48. The van der Waals surface area contributed by atoms with Crippen LogP contribution < -0.4 is 0 Å². The molecule has 15 heavy (non-hydrogen) atoms. The molecule has 1 unspecified atom stereocenters. The average Bonchev–Trinajstić information content (AvgIpc) is 2.54. The van der Waals surface area contributed by atoms with Crippen molar-refractivity contribution < 1.29 is 9.53 Å². The molecule has 4 rings (SSSR count). The summed E-state index contributed by atoms with van der Waals surface area (Å²) in [7, 11) is 0. The summed E-state index contributed by atoms with van der Waals surface area (Å²) in [6.45, 7) is 5.11. The minimum atomic E-state index is -0.0960. The van der Waals surface area contributed by atoms with Crippen molar-refractivity contribution in [3.63, 3.8) is 0 Å². The predicted octanol–water partition coefficient (Wildman–Crippen LogP) is 2.91. The van der Waals surface area contributed by atoms with Crippen molar-refractivity contribution in [2.75, 3.05) is 6.61 Å². The molecule has 3 saturated carbocycles. The van der Waals surface area contributed by atoms with Gasteiger partial charge in [-0.25, -0.2) is 0 Å². The fourth-order valence-corrected chi connectivity index (χ4v) is 5.01. The third-order valence-corrected chi connectivity index (χ3v) is 5.35. The molecule has 0 amide bonds. The van der Waals surface area contributed by atoms with E-state index in [1.165, 1.54) is 25.7 Å². The molecular weight excluding hydrogens is 188 g/mol. The van der Waals surface area contributed by atoms with Gasteiger partial charge in [0.2, 0.25) is 0 Å². The standard InChI is InChI=1S/C13H20O2/c1-3-5-12-6-11(7-12)8-13(12,4-2)10(14)15-9-11/h3-9H2,1-2H3. The van der Waals surface area contributed by atoms with Crippen molar-refractivity contribution >= 4 is 5.97 Å². The molecule has 0 N–H and O–H groups in total. The van der Waals surface area contributed by atoms with Gasteiger partial charge in [-0.05, 0) is 37.5 Å². The second-order valence-corrected chi connectivity index (χ2v) is 6.07. The fourth-order valence-electron chi connectivity index (χ4n) is 5.01. The second-order valence-electron chi connectivity index (χ2n) is 6.07. The van der Waals surface area contributed by atoms with Crippen molar-refractivity contribution in [1.29, 1.82) is 0 Å². The number of hydrogen-bond donors (Lipinski definition) is 0. The molecule has 0 aromatic rings. The molecule has 1 spiro atoms. The topological polar surface area (TPSA) is 26.3 Å². The zero-order chi connectivity index (χ0) is 10.7. The van der Waals surface area contributed by atoms with Crippen LogP contribution in [0.5, 0.6) is 0 Å². The summed E-state index contributed by atoms with van der Waals surface area (Å²) in [5.41, 5.74) is 0.629. The number of carbonyl (C=O) groups is 1. The van der Waals surface area contributed by atoms with Gasteiger partial charge in [-0.15, -0.1) is 0 Å². The van der Waals surface area contributed by atoms with E-state index in [2.05, 4.69) is 13.8 Å². The van der Waals surface area contributed by atoms with Crippen molar-refractivity contribution in [1.82, 2.24) is 0 Å². The SMILES string of the molecule is CCCC12CC3(COC(=O)C1(CC)C3)C2. The van der Waals surface area contributed by atoms with E-state index >= 15 is 0 Å². The van der Waals surface area contributed by atoms with Crippen LogP contribution in [0, 0.1) is 16.2 Å². The Morgan fingerprint density at radius 2 is 2.00 bits per heavy atom. The lowest BCUT2D eigenvalue weighted by atomic mass is 9.54. The summed E-state index contributed by atoms with van der Waals surface area (Å²) in [6.07, 6.45) is 7.03. The summed E-state index contributed by atoms with van der Waals surface area (Å²) in [5.74, 6) is 0.115. The van der Waals surface area contributed by atoms with Crippen LogP contribution in [-0.2, 0) is 9.53 Å². The largest absolute Gasteiger partial charge is 0.465 e. The predicted molar refractivity (Wildman–Crippen MR) is 57.3 cm³/mol. The maximum atomic E-state index is 12.1. The first-order valence-corrected chi connectivity index (χ1v) is 6.29. The van der Waals surface area contributed by atoms with E-state index in [1.54, 1.807) is 0 Å². The zero-order valence-electron chi connectivity index (χ0n) is 9.77. The van der Waals surface area contributed by atoms with Crippen molar-refractivity contribution in [2.45, 2.75) is 52.4 Å². The van der Waals surface area contributed by atoms with Crippen LogP contribution in [-0.4, -0.2) is 12.6 Å². The highest BCUT2D eigenvalue weighted by molar-refractivity contribution is 5.81. The van der Waals surface area contributed by atoms with Crippen molar-refractivity contribution in [3.05, 3.63) is 0 Å². The van der Waals surface area contributed by atoms with Gasteiger partial charge < -0.3 is 4.74 Å². The summed E-state index contributed by atoms with van der Waals surface area (Å²) >= 11 is 0. The van der Waals surface area contributed by atoms with Crippen LogP contribution in [0.15, 0.2) is 0 Å². The smallest absolute Gasteiger partial charge is 0.312 e. The van der Waals surface area contributed by atoms with E-state index in [0.717, 1.165) is 12.8 Å². The summed E-state index contributed by atoms with van der Waals surface area (Å²) in [5, 5.41) is 0. The molecule has 2 nitrogen and oxygen atoms in total. The molecule has 1 saturated heterocycles. The Labute approximate surface area is 91.4 Å². The zero-order valence-corrected chi connectivity index (χ0v) is 9.77. The van der Waals surface area contributed by atoms with Crippen LogP contribution in [0.1, 0.15) is 52.4 Å². The Morgan fingerprint density at radius 3 is 2.60 bits per heavy atom. The van der Waals surface area contributed by atoms with Crippen LogP contribution in [0.25, 0.3) is 0 Å². The van der Waals surface area contributed by atoms with E-state index in [-0.39, 0.29) is 11.4 Å². The number of carbonyl (C=O) groups excluding carboxylic acids is 1. The van der Waals surface area contributed by atoms with E-state index in [9.17, 15) is 4.79 Å². The lowest BCUT2D eigenvalue weighted by Crippen LogP contribution is -2.44. The summed E-state index contributed by atoms with van der Waals surface area (Å²) < 4.78 is 5.44. The first-order chi connectivity index (χ1) is 7.12. The van der Waals surface area contributed by atoms with Gasteiger partial charge in [0.1, 0.15) is 0 Å². The quantitative estimate of drug-likeness (QED) is 0.667. The monoisotopic (exact) mass is 208 g/mol. The van der Waals surface area contributed by atoms with Crippen molar-refractivity contribution in [2.24, 2.45) is 16.2 Å². The molecule has 2 heteroatoms. The van der Waals surface area contributed by atoms with E-state index < -0.39 is 0 Å². The van der Waals surface area contributed by atoms with Gasteiger partial charge in [-0.3, -0.25) is 4.79 Å². The van der Waals surface area contributed by atoms with Gasteiger partial charge in [-0.1, -0.05) is 20.3 Å². The first kappa shape index (κ1) is 9.68. The summed E-state index contributed by atoms with van der Waals surface area (Å²) in [4.78, 5) is 12.1. The molecule has 1 heterocycles. The molecule has 1 atom stereocenters. The highest BCUT2D eigenvalue weighted by Gasteiger charge is 2.77. The highest BCUT2D eigenvalue weighted by atomic mass is 16.5. The van der Waals surface area contributed by atoms with E-state index in [0.29, 0.717) is 17.4 Å². The third kappa shape index (κ3) is 0.857. The minimum absolute atomic E-state index is 0.0960. The minimum Gasteiger partial charge on any atom is -0.465 e. The van der Waals surface area contributed by atoms with E-state index in [4.69, 9.17) is 4.74 Å². The molecule has 0 aromatic carbocycles. The molecular formula is C13H20O2. The van der Waals surface area contributed by atoms with Gasteiger partial charge in [-0.2, -0.15) is 0 Å². The van der Waals surface area contributed by atoms with Gasteiger partial charge in [0.25, 0.3) is 0 Å². The van der Waals surface area contributed by atoms with Crippen LogP contribution in [0.2, 0.25) is 0 Å². The van der Waals surface area contributed by atoms with Crippen LogP contribution in [0.3, 0.4) is 0 Å². The average molecular weight is 208 g/mol. The number of rotatable bonds is 3. The summed E-state index contributed by atoms with van der Waals surface area (Å²) in [6, 6.07) is 0. The van der Waals surface area contributed by atoms with Crippen molar-refractivity contribution in [3.8, 4) is 0 Å². The van der Waals surface area contributed by atoms with Gasteiger partial charge in [0.15, 0.2) is 0 Å². The van der Waals surface area contributed by atoms with Gasteiger partial charge >= 0.3 is 5.97 Å². The number of ether oxygens (including phenoxy) is 1. The number of hydrogen-bond acceptors (Lipinski definition) is 2.